The summed E-state index contributed by atoms with van der Waals surface area (Å²) in [5, 5.41) is 9.16. The molecule has 86 valence electrons. The molecule has 0 bridgehead atoms. The Morgan fingerprint density at radius 1 is 1.24 bits per heavy atom. The zero-order valence-corrected chi connectivity index (χ0v) is 9.55. The Morgan fingerprint density at radius 3 is 2.59 bits per heavy atom. The third kappa shape index (κ3) is 2.69. The van der Waals surface area contributed by atoms with Crippen LogP contribution in [-0.4, -0.2) is 16.1 Å². The highest BCUT2D eigenvalue weighted by molar-refractivity contribution is 5.89. The molecule has 2 rings (SSSR count). The summed E-state index contributed by atoms with van der Waals surface area (Å²) < 4.78 is 0. The van der Waals surface area contributed by atoms with Crippen LogP contribution in [0.1, 0.15) is 27.0 Å². The summed E-state index contributed by atoms with van der Waals surface area (Å²) in [6.45, 7) is 1.89. The lowest BCUT2D eigenvalue weighted by Gasteiger charge is -2.07. The number of rotatable bonds is 3. The van der Waals surface area contributed by atoms with Crippen molar-refractivity contribution in [3.63, 3.8) is 0 Å². The minimum Gasteiger partial charge on any atom is -0.478 e. The average molecular weight is 227 g/mol. The number of carboxylic acids is 1. The van der Waals surface area contributed by atoms with Crippen molar-refractivity contribution < 1.29 is 9.90 Å². The molecule has 0 aliphatic carbocycles. The number of nitrogens with zero attached hydrogens (tertiary/aromatic N) is 1. The van der Waals surface area contributed by atoms with Gasteiger partial charge in [-0.3, -0.25) is 4.98 Å². The number of aromatic carboxylic acids is 1. The van der Waals surface area contributed by atoms with Gasteiger partial charge in [0.25, 0.3) is 0 Å². The highest BCUT2D eigenvalue weighted by Crippen LogP contribution is 2.16. The number of pyridine rings is 1. The third-order valence-electron chi connectivity index (χ3n) is 2.64. The summed E-state index contributed by atoms with van der Waals surface area (Å²) in [5.74, 6) is -0.877. The number of hydrogen-bond donors (Lipinski definition) is 1. The number of hydrogen-bond acceptors (Lipinski definition) is 2. The van der Waals surface area contributed by atoms with E-state index in [1.807, 2.05) is 31.2 Å². The fourth-order valence-corrected chi connectivity index (χ4v) is 1.76. The van der Waals surface area contributed by atoms with Crippen LogP contribution < -0.4 is 0 Å². The van der Waals surface area contributed by atoms with E-state index in [-0.39, 0.29) is 0 Å². The molecule has 0 amide bonds. The first-order valence-corrected chi connectivity index (χ1v) is 5.38. The molecule has 0 radical (unpaired) electrons. The Labute approximate surface area is 99.8 Å². The van der Waals surface area contributed by atoms with E-state index in [9.17, 15) is 4.79 Å². The van der Waals surface area contributed by atoms with E-state index in [0.29, 0.717) is 12.0 Å². The fraction of sp³-hybridized carbons (Fsp3) is 0.143. The monoisotopic (exact) mass is 227 g/mol. The average Bonchev–Trinajstić information content (AvgIpc) is 2.32. The van der Waals surface area contributed by atoms with Crippen molar-refractivity contribution in [3.8, 4) is 0 Å². The Kier molecular flexibility index (Phi) is 3.19. The third-order valence-corrected chi connectivity index (χ3v) is 2.64. The Balaban J connectivity index is 2.36. The fourth-order valence-electron chi connectivity index (χ4n) is 1.76. The zero-order valence-electron chi connectivity index (χ0n) is 9.55. The van der Waals surface area contributed by atoms with Crippen molar-refractivity contribution in [2.24, 2.45) is 0 Å². The maximum absolute atomic E-state index is 11.2. The van der Waals surface area contributed by atoms with Crippen molar-refractivity contribution in [1.82, 2.24) is 4.98 Å². The minimum absolute atomic E-state index is 0.377. The van der Waals surface area contributed by atoms with Crippen LogP contribution in [0.3, 0.4) is 0 Å². The number of aryl methyl sites for hydroxylation is 1. The minimum atomic E-state index is -0.877. The molecule has 0 spiro atoms. The SMILES string of the molecule is Cc1ccc(Cc2ccncc2)c(C(=O)O)c1. The Morgan fingerprint density at radius 2 is 1.94 bits per heavy atom. The molecule has 3 heteroatoms. The van der Waals surface area contributed by atoms with Crippen LogP contribution in [0.15, 0.2) is 42.7 Å². The largest absolute Gasteiger partial charge is 0.478 e. The predicted molar refractivity (Wildman–Crippen MR) is 65.2 cm³/mol. The first kappa shape index (κ1) is 11.3. The quantitative estimate of drug-likeness (QED) is 0.877. The van der Waals surface area contributed by atoms with Crippen molar-refractivity contribution in [2.75, 3.05) is 0 Å². The summed E-state index contributed by atoms with van der Waals surface area (Å²) in [6, 6.07) is 9.30. The lowest BCUT2D eigenvalue weighted by Crippen LogP contribution is -2.03. The molecular formula is C14H13NO2. The normalized spacial score (nSPS) is 10.2. The van der Waals surface area contributed by atoms with Gasteiger partial charge >= 0.3 is 5.97 Å². The van der Waals surface area contributed by atoms with Crippen LogP contribution in [0.5, 0.6) is 0 Å². The van der Waals surface area contributed by atoms with Gasteiger partial charge in [-0.25, -0.2) is 4.79 Å². The summed E-state index contributed by atoms with van der Waals surface area (Å²) in [7, 11) is 0. The van der Waals surface area contributed by atoms with E-state index in [1.54, 1.807) is 18.5 Å². The van der Waals surface area contributed by atoms with Crippen LogP contribution in [0.4, 0.5) is 0 Å². The second-order valence-electron chi connectivity index (χ2n) is 4.00. The van der Waals surface area contributed by atoms with Gasteiger partial charge < -0.3 is 5.11 Å². The van der Waals surface area contributed by atoms with Crippen molar-refractivity contribution >= 4 is 5.97 Å². The van der Waals surface area contributed by atoms with Gasteiger partial charge in [-0.1, -0.05) is 17.7 Å². The van der Waals surface area contributed by atoms with Gasteiger partial charge in [-0.2, -0.15) is 0 Å². The highest BCUT2D eigenvalue weighted by atomic mass is 16.4. The topological polar surface area (TPSA) is 50.2 Å². The van der Waals surface area contributed by atoms with E-state index in [0.717, 1.165) is 16.7 Å². The van der Waals surface area contributed by atoms with Gasteiger partial charge in [0, 0.05) is 12.4 Å². The molecule has 0 aliphatic heterocycles. The molecule has 1 heterocycles. The maximum atomic E-state index is 11.2. The first-order chi connectivity index (χ1) is 8.16. The number of benzene rings is 1. The summed E-state index contributed by atoms with van der Waals surface area (Å²) in [5.41, 5.74) is 3.23. The second kappa shape index (κ2) is 4.78. The van der Waals surface area contributed by atoms with Crippen molar-refractivity contribution in [1.29, 1.82) is 0 Å². The van der Waals surface area contributed by atoms with E-state index in [2.05, 4.69) is 4.98 Å². The van der Waals surface area contributed by atoms with Crippen LogP contribution >= 0.6 is 0 Å². The van der Waals surface area contributed by atoms with Crippen molar-refractivity contribution in [2.45, 2.75) is 13.3 Å². The molecule has 1 aromatic heterocycles. The molecule has 17 heavy (non-hydrogen) atoms. The van der Waals surface area contributed by atoms with Gasteiger partial charge in [0.15, 0.2) is 0 Å². The van der Waals surface area contributed by atoms with E-state index in [4.69, 9.17) is 5.11 Å². The molecule has 2 aromatic rings. The van der Waals surface area contributed by atoms with Crippen LogP contribution in [-0.2, 0) is 6.42 Å². The van der Waals surface area contributed by atoms with Gasteiger partial charge in [0.1, 0.15) is 0 Å². The molecule has 3 nitrogen and oxygen atoms in total. The van der Waals surface area contributed by atoms with Crippen LogP contribution in [0.25, 0.3) is 0 Å². The van der Waals surface area contributed by atoms with Gasteiger partial charge in [0.05, 0.1) is 5.56 Å². The zero-order chi connectivity index (χ0) is 12.3. The smallest absolute Gasteiger partial charge is 0.335 e. The van der Waals surface area contributed by atoms with Crippen molar-refractivity contribution in [3.05, 3.63) is 65.0 Å². The van der Waals surface area contributed by atoms with Gasteiger partial charge in [0.2, 0.25) is 0 Å². The van der Waals surface area contributed by atoms with Gasteiger partial charge in [-0.15, -0.1) is 0 Å². The Bertz CT molecular complexity index is 535. The number of carbonyl (C=O) groups is 1. The summed E-state index contributed by atoms with van der Waals surface area (Å²) in [4.78, 5) is 15.1. The molecule has 0 saturated heterocycles. The molecule has 0 saturated carbocycles. The number of carboxylic acid groups (broad SMARTS) is 1. The van der Waals surface area contributed by atoms with E-state index < -0.39 is 5.97 Å². The number of aromatic nitrogens is 1. The first-order valence-electron chi connectivity index (χ1n) is 5.38. The standard InChI is InChI=1S/C14H13NO2/c1-10-2-3-12(13(8-10)14(16)17)9-11-4-6-15-7-5-11/h2-8H,9H2,1H3,(H,16,17). The van der Waals surface area contributed by atoms with E-state index in [1.165, 1.54) is 0 Å². The molecule has 0 atom stereocenters. The van der Waals surface area contributed by atoms with Crippen LogP contribution in [0, 0.1) is 6.92 Å². The lowest BCUT2D eigenvalue weighted by molar-refractivity contribution is 0.0695. The maximum Gasteiger partial charge on any atom is 0.335 e. The molecule has 1 N–H and O–H groups in total. The highest BCUT2D eigenvalue weighted by Gasteiger charge is 2.10. The molecule has 0 fully saturated rings. The predicted octanol–water partition coefficient (Wildman–Crippen LogP) is 2.68. The summed E-state index contributed by atoms with van der Waals surface area (Å²) in [6.07, 6.45) is 4.04. The summed E-state index contributed by atoms with van der Waals surface area (Å²) >= 11 is 0. The van der Waals surface area contributed by atoms with Gasteiger partial charge in [-0.05, 0) is 42.7 Å². The molecule has 1 aromatic carbocycles. The lowest BCUT2D eigenvalue weighted by atomic mass is 9.98. The Hall–Kier alpha value is -2.16. The molecule has 0 aliphatic rings. The van der Waals surface area contributed by atoms with Crippen LogP contribution in [0.2, 0.25) is 0 Å². The second-order valence-corrected chi connectivity index (χ2v) is 4.00. The molecule has 0 unspecified atom stereocenters. The van der Waals surface area contributed by atoms with E-state index >= 15 is 0 Å². The molecular weight excluding hydrogens is 214 g/mol.